The largest absolute Gasteiger partial charge is 0.445 e. The SMILES string of the molecule is O=C(NC1CC(Nc2ccc(I)cc2Cl)C1)OCc1ccccc1. The highest BCUT2D eigenvalue weighted by Gasteiger charge is 2.31. The fraction of sp³-hybridized carbons (Fsp3) is 0.278. The molecular weight excluding hydrogens is 439 g/mol. The lowest BCUT2D eigenvalue weighted by Gasteiger charge is -2.36. The van der Waals surface area contributed by atoms with Crippen LogP contribution in [0, 0.1) is 3.57 Å². The van der Waals surface area contributed by atoms with Crippen LogP contribution in [-0.4, -0.2) is 18.2 Å². The second-order valence-electron chi connectivity index (χ2n) is 5.84. The average Bonchev–Trinajstić information content (AvgIpc) is 2.54. The maximum absolute atomic E-state index is 11.8. The van der Waals surface area contributed by atoms with E-state index in [2.05, 4.69) is 33.2 Å². The first kappa shape index (κ1) is 17.4. The molecule has 126 valence electrons. The van der Waals surface area contributed by atoms with Gasteiger partial charge in [0.2, 0.25) is 0 Å². The van der Waals surface area contributed by atoms with Gasteiger partial charge in [-0.15, -0.1) is 0 Å². The minimum absolute atomic E-state index is 0.147. The molecule has 2 N–H and O–H groups in total. The fourth-order valence-corrected chi connectivity index (χ4v) is 3.52. The minimum Gasteiger partial charge on any atom is -0.445 e. The summed E-state index contributed by atoms with van der Waals surface area (Å²) in [4.78, 5) is 11.8. The van der Waals surface area contributed by atoms with E-state index in [-0.39, 0.29) is 12.1 Å². The van der Waals surface area contributed by atoms with Crippen LogP contribution in [0.3, 0.4) is 0 Å². The topological polar surface area (TPSA) is 50.4 Å². The Kier molecular flexibility index (Phi) is 5.84. The van der Waals surface area contributed by atoms with Gasteiger partial charge in [0, 0.05) is 15.7 Å². The van der Waals surface area contributed by atoms with Gasteiger partial charge in [-0.3, -0.25) is 0 Å². The van der Waals surface area contributed by atoms with E-state index in [0.717, 1.165) is 32.7 Å². The third-order valence-electron chi connectivity index (χ3n) is 3.96. The van der Waals surface area contributed by atoms with Crippen LogP contribution in [0.2, 0.25) is 5.02 Å². The molecule has 0 saturated heterocycles. The summed E-state index contributed by atoms with van der Waals surface area (Å²) in [5.41, 5.74) is 1.92. The number of amides is 1. The Morgan fingerprint density at radius 2 is 1.92 bits per heavy atom. The smallest absolute Gasteiger partial charge is 0.407 e. The van der Waals surface area contributed by atoms with Gasteiger partial charge in [0.1, 0.15) is 6.61 Å². The van der Waals surface area contributed by atoms with Gasteiger partial charge >= 0.3 is 6.09 Å². The number of alkyl carbamates (subject to hydrolysis) is 1. The van der Waals surface area contributed by atoms with Crippen LogP contribution >= 0.6 is 34.2 Å². The molecule has 0 bridgehead atoms. The van der Waals surface area contributed by atoms with Crippen LogP contribution in [0.15, 0.2) is 48.5 Å². The van der Waals surface area contributed by atoms with Gasteiger partial charge in [0.25, 0.3) is 0 Å². The summed E-state index contributed by atoms with van der Waals surface area (Å²) >= 11 is 8.45. The van der Waals surface area contributed by atoms with Gasteiger partial charge in [-0.25, -0.2) is 4.79 Å². The molecule has 0 heterocycles. The van der Waals surface area contributed by atoms with Gasteiger partial charge < -0.3 is 15.4 Å². The Bertz CT molecular complexity index is 705. The van der Waals surface area contributed by atoms with E-state index in [9.17, 15) is 4.79 Å². The Balaban J connectivity index is 1.38. The molecule has 1 saturated carbocycles. The molecule has 0 radical (unpaired) electrons. The van der Waals surface area contributed by atoms with Crippen LogP contribution < -0.4 is 10.6 Å². The molecule has 4 nitrogen and oxygen atoms in total. The van der Waals surface area contributed by atoms with Crippen LogP contribution in [-0.2, 0) is 11.3 Å². The first-order chi connectivity index (χ1) is 11.6. The molecule has 0 aromatic heterocycles. The summed E-state index contributed by atoms with van der Waals surface area (Å²) in [5, 5.41) is 7.02. The normalized spacial score (nSPS) is 19.2. The predicted octanol–water partition coefficient (Wildman–Crippen LogP) is 4.81. The quantitative estimate of drug-likeness (QED) is 0.635. The lowest BCUT2D eigenvalue weighted by molar-refractivity contribution is 0.129. The molecule has 2 aromatic rings. The van der Waals surface area contributed by atoms with E-state index < -0.39 is 0 Å². The number of anilines is 1. The van der Waals surface area contributed by atoms with Crippen molar-refractivity contribution in [3.63, 3.8) is 0 Å². The molecule has 0 atom stereocenters. The fourth-order valence-electron chi connectivity index (χ4n) is 2.61. The minimum atomic E-state index is -0.366. The van der Waals surface area contributed by atoms with E-state index in [1.807, 2.05) is 48.5 Å². The first-order valence-electron chi connectivity index (χ1n) is 7.79. The number of carbonyl (C=O) groups is 1. The average molecular weight is 457 g/mol. The predicted molar refractivity (Wildman–Crippen MR) is 104 cm³/mol. The van der Waals surface area contributed by atoms with Crippen molar-refractivity contribution in [2.24, 2.45) is 0 Å². The molecule has 0 aliphatic heterocycles. The van der Waals surface area contributed by atoms with Crippen LogP contribution in [0.1, 0.15) is 18.4 Å². The number of nitrogens with one attached hydrogen (secondary N) is 2. The summed E-state index contributed by atoms with van der Waals surface area (Å²) in [7, 11) is 0. The van der Waals surface area contributed by atoms with Crippen molar-refractivity contribution in [2.75, 3.05) is 5.32 Å². The maximum atomic E-state index is 11.8. The van der Waals surface area contributed by atoms with Gasteiger partial charge in [0.05, 0.1) is 10.7 Å². The third kappa shape index (κ3) is 4.77. The Morgan fingerprint density at radius 1 is 1.17 bits per heavy atom. The Hall–Kier alpha value is -1.47. The highest BCUT2D eigenvalue weighted by Crippen LogP contribution is 2.29. The number of ether oxygens (including phenoxy) is 1. The second-order valence-corrected chi connectivity index (χ2v) is 7.49. The van der Waals surface area contributed by atoms with Crippen molar-refractivity contribution >= 4 is 46.0 Å². The van der Waals surface area contributed by atoms with Gasteiger partial charge in [-0.2, -0.15) is 0 Å². The third-order valence-corrected chi connectivity index (χ3v) is 4.95. The van der Waals surface area contributed by atoms with Crippen LogP contribution in [0.5, 0.6) is 0 Å². The van der Waals surface area contributed by atoms with Crippen molar-refractivity contribution in [2.45, 2.75) is 31.5 Å². The van der Waals surface area contributed by atoms with E-state index in [1.54, 1.807) is 0 Å². The lowest BCUT2D eigenvalue weighted by Crippen LogP contribution is -2.49. The number of carbonyl (C=O) groups excluding carboxylic acids is 1. The molecule has 0 spiro atoms. The summed E-state index contributed by atoms with van der Waals surface area (Å²) in [6.07, 6.45) is 1.36. The zero-order chi connectivity index (χ0) is 16.9. The van der Waals surface area contributed by atoms with E-state index >= 15 is 0 Å². The summed E-state index contributed by atoms with van der Waals surface area (Å²) < 4.78 is 6.34. The first-order valence-corrected chi connectivity index (χ1v) is 9.24. The summed E-state index contributed by atoms with van der Waals surface area (Å²) in [5.74, 6) is 0. The van der Waals surface area contributed by atoms with Crippen molar-refractivity contribution in [1.82, 2.24) is 5.32 Å². The standard InChI is InChI=1S/C18H18ClIN2O2/c19-16-8-13(20)6-7-17(16)21-14-9-15(10-14)22-18(23)24-11-12-4-2-1-3-5-12/h1-8,14-15,21H,9-11H2,(H,22,23). The number of hydrogen-bond donors (Lipinski definition) is 2. The lowest BCUT2D eigenvalue weighted by atomic mass is 9.86. The van der Waals surface area contributed by atoms with Crippen molar-refractivity contribution in [1.29, 1.82) is 0 Å². The molecule has 6 heteroatoms. The molecule has 1 aliphatic rings. The number of halogens is 2. The van der Waals surface area contributed by atoms with Gasteiger partial charge in [0.15, 0.2) is 0 Å². The van der Waals surface area contributed by atoms with E-state index in [4.69, 9.17) is 16.3 Å². The van der Waals surface area contributed by atoms with Crippen LogP contribution in [0.4, 0.5) is 10.5 Å². The Labute approximate surface area is 160 Å². The maximum Gasteiger partial charge on any atom is 0.407 e. The van der Waals surface area contributed by atoms with Crippen molar-refractivity contribution < 1.29 is 9.53 Å². The molecule has 1 fully saturated rings. The molecule has 3 rings (SSSR count). The highest BCUT2D eigenvalue weighted by atomic mass is 127. The number of rotatable bonds is 5. The summed E-state index contributed by atoms with van der Waals surface area (Å²) in [6.45, 7) is 0.291. The number of benzene rings is 2. The van der Waals surface area contributed by atoms with Crippen molar-refractivity contribution in [3.8, 4) is 0 Å². The Morgan fingerprint density at radius 3 is 2.62 bits per heavy atom. The highest BCUT2D eigenvalue weighted by molar-refractivity contribution is 14.1. The summed E-state index contributed by atoms with van der Waals surface area (Å²) in [6, 6.07) is 16.1. The van der Waals surface area contributed by atoms with Crippen LogP contribution in [0.25, 0.3) is 0 Å². The van der Waals surface area contributed by atoms with Gasteiger partial charge in [-0.1, -0.05) is 41.9 Å². The second kappa shape index (κ2) is 8.07. The zero-order valence-electron chi connectivity index (χ0n) is 13.0. The molecule has 0 unspecified atom stereocenters. The monoisotopic (exact) mass is 456 g/mol. The zero-order valence-corrected chi connectivity index (χ0v) is 15.9. The molecule has 2 aromatic carbocycles. The van der Waals surface area contributed by atoms with Gasteiger partial charge in [-0.05, 0) is 59.2 Å². The molecule has 24 heavy (non-hydrogen) atoms. The number of hydrogen-bond acceptors (Lipinski definition) is 3. The molecular formula is C18H18ClIN2O2. The van der Waals surface area contributed by atoms with E-state index in [0.29, 0.717) is 12.6 Å². The van der Waals surface area contributed by atoms with Crippen molar-refractivity contribution in [3.05, 3.63) is 62.7 Å². The molecule has 1 amide bonds. The molecule has 1 aliphatic carbocycles. The van der Waals surface area contributed by atoms with E-state index in [1.165, 1.54) is 0 Å².